The van der Waals surface area contributed by atoms with Crippen molar-refractivity contribution in [3.8, 4) is 0 Å². The largest absolute Gasteiger partial charge is 0.480 e. The summed E-state index contributed by atoms with van der Waals surface area (Å²) in [6.07, 6.45) is 9.49. The van der Waals surface area contributed by atoms with E-state index < -0.39 is 11.5 Å². The van der Waals surface area contributed by atoms with Gasteiger partial charge in [-0.05, 0) is 52.5 Å². The van der Waals surface area contributed by atoms with Crippen LogP contribution in [-0.2, 0) is 4.79 Å². The lowest BCUT2D eigenvalue weighted by Gasteiger charge is -2.41. The van der Waals surface area contributed by atoms with Crippen molar-refractivity contribution in [1.29, 1.82) is 0 Å². The molecule has 2 saturated carbocycles. The summed E-state index contributed by atoms with van der Waals surface area (Å²) in [5.41, 5.74) is -0.789. The minimum atomic E-state index is -0.789. The first-order chi connectivity index (χ1) is 9.96. The van der Waals surface area contributed by atoms with Crippen LogP contribution in [0.4, 0.5) is 0 Å². The zero-order chi connectivity index (χ0) is 15.5. The predicted molar refractivity (Wildman–Crippen MR) is 85.5 cm³/mol. The van der Waals surface area contributed by atoms with E-state index in [2.05, 4.69) is 24.1 Å². The van der Waals surface area contributed by atoms with Crippen molar-refractivity contribution in [1.82, 2.24) is 10.2 Å². The molecule has 2 unspecified atom stereocenters. The smallest absolute Gasteiger partial charge is 0.323 e. The van der Waals surface area contributed by atoms with Gasteiger partial charge in [-0.3, -0.25) is 15.0 Å². The van der Waals surface area contributed by atoms with Crippen LogP contribution in [0.25, 0.3) is 0 Å². The summed E-state index contributed by atoms with van der Waals surface area (Å²) >= 11 is 0. The third kappa shape index (κ3) is 4.43. The summed E-state index contributed by atoms with van der Waals surface area (Å²) in [4.78, 5) is 14.3. The summed E-state index contributed by atoms with van der Waals surface area (Å²) in [6.45, 7) is 7.29. The molecule has 2 fully saturated rings. The maximum absolute atomic E-state index is 11.7. The maximum Gasteiger partial charge on any atom is 0.323 e. The van der Waals surface area contributed by atoms with Crippen molar-refractivity contribution < 1.29 is 9.90 Å². The molecule has 0 aromatic heterocycles. The molecular formula is C17H32N2O2. The number of rotatable bonds is 8. The molecule has 4 nitrogen and oxygen atoms in total. The maximum atomic E-state index is 11.7. The zero-order valence-electron chi connectivity index (χ0n) is 13.9. The van der Waals surface area contributed by atoms with Crippen molar-refractivity contribution in [3.63, 3.8) is 0 Å². The van der Waals surface area contributed by atoms with Gasteiger partial charge in [-0.1, -0.05) is 26.2 Å². The molecule has 0 amide bonds. The third-order valence-corrected chi connectivity index (χ3v) is 5.25. The third-order valence-electron chi connectivity index (χ3n) is 5.25. The highest BCUT2D eigenvalue weighted by atomic mass is 16.4. The van der Waals surface area contributed by atoms with Gasteiger partial charge >= 0.3 is 5.97 Å². The van der Waals surface area contributed by atoms with Crippen molar-refractivity contribution in [2.45, 2.75) is 95.8 Å². The molecule has 0 aromatic rings. The van der Waals surface area contributed by atoms with Crippen LogP contribution in [0.5, 0.6) is 0 Å². The Kier molecular flexibility index (Phi) is 5.67. The van der Waals surface area contributed by atoms with E-state index in [0.717, 1.165) is 19.4 Å². The van der Waals surface area contributed by atoms with Crippen molar-refractivity contribution in [2.24, 2.45) is 0 Å². The van der Waals surface area contributed by atoms with Crippen LogP contribution in [-0.4, -0.2) is 46.2 Å². The molecular weight excluding hydrogens is 264 g/mol. The van der Waals surface area contributed by atoms with E-state index in [1.54, 1.807) is 0 Å². The minimum Gasteiger partial charge on any atom is -0.480 e. The molecule has 0 heterocycles. The van der Waals surface area contributed by atoms with Gasteiger partial charge in [0.15, 0.2) is 0 Å². The molecule has 122 valence electrons. The van der Waals surface area contributed by atoms with E-state index in [0.29, 0.717) is 24.5 Å². The quantitative estimate of drug-likeness (QED) is 0.723. The summed E-state index contributed by atoms with van der Waals surface area (Å²) in [6, 6.07) is 1.38. The van der Waals surface area contributed by atoms with Gasteiger partial charge in [0.25, 0.3) is 0 Å². The Bertz CT molecular complexity index is 351. The number of nitrogens with zero attached hydrogens (tertiary/aromatic N) is 1. The van der Waals surface area contributed by atoms with E-state index >= 15 is 0 Å². The number of carbonyl (C=O) groups is 1. The van der Waals surface area contributed by atoms with Gasteiger partial charge < -0.3 is 5.11 Å². The van der Waals surface area contributed by atoms with Crippen LogP contribution in [0.1, 0.15) is 72.1 Å². The molecule has 2 N–H and O–H groups in total. The second kappa shape index (κ2) is 7.10. The molecule has 0 spiro atoms. The Labute approximate surface area is 129 Å². The lowest BCUT2D eigenvalue weighted by atomic mass is 9.89. The van der Waals surface area contributed by atoms with Gasteiger partial charge in [-0.15, -0.1) is 0 Å². The normalized spacial score (nSPS) is 24.8. The molecule has 2 aliphatic rings. The van der Waals surface area contributed by atoms with Crippen molar-refractivity contribution in [2.75, 3.05) is 6.54 Å². The molecule has 0 radical (unpaired) electrons. The molecule has 0 aliphatic heterocycles. The van der Waals surface area contributed by atoms with Crippen molar-refractivity contribution in [3.05, 3.63) is 0 Å². The molecule has 4 heteroatoms. The first-order valence-electron chi connectivity index (χ1n) is 8.73. The highest BCUT2D eigenvalue weighted by Gasteiger charge is 2.40. The molecule has 2 rings (SSSR count). The number of hydrogen-bond donors (Lipinski definition) is 2. The van der Waals surface area contributed by atoms with E-state index in [9.17, 15) is 9.90 Å². The van der Waals surface area contributed by atoms with Crippen LogP contribution in [0, 0.1) is 0 Å². The average molecular weight is 296 g/mol. The van der Waals surface area contributed by atoms with E-state index in [-0.39, 0.29) is 0 Å². The summed E-state index contributed by atoms with van der Waals surface area (Å²) in [5.74, 6) is -0.707. The SMILES string of the molecule is CCN(C(C)CC(C)(NC1CC1)C(=O)O)C1CCCCC1. The Morgan fingerprint density at radius 2 is 1.90 bits per heavy atom. The van der Waals surface area contributed by atoms with E-state index in [4.69, 9.17) is 0 Å². The fourth-order valence-corrected chi connectivity index (χ4v) is 3.94. The van der Waals surface area contributed by atoms with Gasteiger partial charge in [0.1, 0.15) is 5.54 Å². The Hall–Kier alpha value is -0.610. The lowest BCUT2D eigenvalue weighted by Crippen LogP contribution is -2.55. The Balaban J connectivity index is 1.97. The lowest BCUT2D eigenvalue weighted by molar-refractivity contribution is -0.145. The predicted octanol–water partition coefficient (Wildman–Crippen LogP) is 3.01. The first-order valence-corrected chi connectivity index (χ1v) is 8.73. The van der Waals surface area contributed by atoms with Gasteiger partial charge in [0, 0.05) is 18.1 Å². The number of carboxylic acid groups (broad SMARTS) is 1. The first kappa shape index (κ1) is 16.8. The number of carboxylic acids is 1. The van der Waals surface area contributed by atoms with Crippen LogP contribution in [0.3, 0.4) is 0 Å². The molecule has 0 saturated heterocycles. The van der Waals surface area contributed by atoms with E-state index in [1.165, 1.54) is 32.1 Å². The Morgan fingerprint density at radius 1 is 1.29 bits per heavy atom. The second-order valence-corrected chi connectivity index (χ2v) is 7.23. The van der Waals surface area contributed by atoms with Gasteiger partial charge in [-0.25, -0.2) is 0 Å². The molecule has 0 bridgehead atoms. The van der Waals surface area contributed by atoms with Crippen LogP contribution >= 0.6 is 0 Å². The summed E-state index contributed by atoms with van der Waals surface area (Å²) in [7, 11) is 0. The summed E-state index contributed by atoms with van der Waals surface area (Å²) in [5, 5.41) is 13.0. The van der Waals surface area contributed by atoms with Crippen LogP contribution < -0.4 is 5.32 Å². The standard InChI is InChI=1S/C17H32N2O2/c1-4-19(15-8-6-5-7-9-15)13(2)12-17(3,16(20)21)18-14-10-11-14/h13-15,18H,4-12H2,1-3H3,(H,20,21). The monoisotopic (exact) mass is 296 g/mol. The zero-order valence-corrected chi connectivity index (χ0v) is 13.9. The second-order valence-electron chi connectivity index (χ2n) is 7.23. The van der Waals surface area contributed by atoms with Gasteiger partial charge in [0.05, 0.1) is 0 Å². The molecule has 2 atom stereocenters. The highest BCUT2D eigenvalue weighted by molar-refractivity contribution is 5.78. The fourth-order valence-electron chi connectivity index (χ4n) is 3.94. The highest BCUT2D eigenvalue weighted by Crippen LogP contribution is 2.29. The van der Waals surface area contributed by atoms with Gasteiger partial charge in [-0.2, -0.15) is 0 Å². The van der Waals surface area contributed by atoms with Gasteiger partial charge in [0.2, 0.25) is 0 Å². The van der Waals surface area contributed by atoms with Crippen LogP contribution in [0.2, 0.25) is 0 Å². The average Bonchev–Trinajstić information content (AvgIpc) is 3.24. The van der Waals surface area contributed by atoms with Crippen molar-refractivity contribution >= 4 is 5.97 Å². The molecule has 0 aromatic carbocycles. The number of hydrogen-bond acceptors (Lipinski definition) is 3. The minimum absolute atomic E-state index is 0.311. The molecule has 2 aliphatic carbocycles. The topological polar surface area (TPSA) is 52.6 Å². The number of nitrogens with one attached hydrogen (secondary N) is 1. The summed E-state index contributed by atoms with van der Waals surface area (Å²) < 4.78 is 0. The fraction of sp³-hybridized carbons (Fsp3) is 0.941. The Morgan fingerprint density at radius 3 is 2.38 bits per heavy atom. The van der Waals surface area contributed by atoms with E-state index in [1.807, 2.05) is 6.92 Å². The molecule has 21 heavy (non-hydrogen) atoms. The number of aliphatic carboxylic acids is 1. The van der Waals surface area contributed by atoms with Crippen LogP contribution in [0.15, 0.2) is 0 Å².